The normalized spacial score (nSPS) is 20.1. The first-order valence-corrected chi connectivity index (χ1v) is 7.38. The maximum atomic E-state index is 11.8. The minimum Gasteiger partial charge on any atom is -0.480 e. The van der Waals surface area contributed by atoms with E-state index in [0.717, 1.165) is 4.90 Å². The van der Waals surface area contributed by atoms with Gasteiger partial charge in [-0.1, -0.05) is 0 Å². The number of carbonyl (C=O) groups excluding carboxylic acids is 1. The van der Waals surface area contributed by atoms with Crippen molar-refractivity contribution >= 4 is 22.0 Å². The molecule has 0 bridgehead atoms. The standard InChI is InChI=1S/C9H17N3O6S/c10-19(16,17)5-1-2-11-9(15)12-3-4-18-6-7(12)8(13)14/h7H,1-6H2,(H,11,15)(H,13,14)(H2,10,16,17). The van der Waals surface area contributed by atoms with Gasteiger partial charge in [0.2, 0.25) is 10.0 Å². The molecule has 1 rings (SSSR count). The van der Waals surface area contributed by atoms with Crippen molar-refractivity contribution in [2.24, 2.45) is 5.14 Å². The van der Waals surface area contributed by atoms with E-state index in [-0.39, 0.29) is 38.5 Å². The highest BCUT2D eigenvalue weighted by Gasteiger charge is 2.32. The van der Waals surface area contributed by atoms with Gasteiger partial charge >= 0.3 is 12.0 Å². The number of hydrogen-bond acceptors (Lipinski definition) is 5. The zero-order valence-electron chi connectivity index (χ0n) is 10.2. The number of hydrogen-bond donors (Lipinski definition) is 3. The number of morpholine rings is 1. The number of aliphatic carboxylic acids is 1. The van der Waals surface area contributed by atoms with Gasteiger partial charge in [0.05, 0.1) is 19.0 Å². The number of ether oxygens (including phenoxy) is 1. The predicted octanol–water partition coefficient (Wildman–Crippen LogP) is -1.84. The number of rotatable bonds is 5. The molecule has 1 fully saturated rings. The maximum absolute atomic E-state index is 11.8. The second kappa shape index (κ2) is 6.68. The van der Waals surface area contributed by atoms with Crippen molar-refractivity contribution in [1.82, 2.24) is 10.2 Å². The lowest BCUT2D eigenvalue weighted by Crippen LogP contribution is -2.55. The first kappa shape index (κ1) is 15.7. The van der Waals surface area contributed by atoms with Gasteiger partial charge in [0.15, 0.2) is 6.04 Å². The number of nitrogens with zero attached hydrogens (tertiary/aromatic N) is 1. The lowest BCUT2D eigenvalue weighted by atomic mass is 10.2. The van der Waals surface area contributed by atoms with Crippen LogP contribution in [0.1, 0.15) is 6.42 Å². The second-order valence-electron chi connectivity index (χ2n) is 4.07. The van der Waals surface area contributed by atoms with Crippen molar-refractivity contribution in [3.8, 4) is 0 Å². The molecule has 19 heavy (non-hydrogen) atoms. The average molecular weight is 295 g/mol. The minimum absolute atomic E-state index is 0.0556. The predicted molar refractivity (Wildman–Crippen MR) is 64.9 cm³/mol. The molecular formula is C9H17N3O6S. The summed E-state index contributed by atoms with van der Waals surface area (Å²) in [5.41, 5.74) is 0. The number of sulfonamides is 1. The van der Waals surface area contributed by atoms with Crippen LogP contribution in [0.15, 0.2) is 0 Å². The monoisotopic (exact) mass is 295 g/mol. The van der Waals surface area contributed by atoms with Crippen LogP contribution in [0, 0.1) is 0 Å². The van der Waals surface area contributed by atoms with Gasteiger partial charge in [-0.15, -0.1) is 0 Å². The molecular weight excluding hydrogens is 278 g/mol. The summed E-state index contributed by atoms with van der Waals surface area (Å²) in [7, 11) is -3.55. The topological polar surface area (TPSA) is 139 Å². The Morgan fingerprint density at radius 3 is 2.74 bits per heavy atom. The zero-order chi connectivity index (χ0) is 14.5. The number of nitrogens with one attached hydrogen (secondary N) is 1. The molecule has 0 saturated carbocycles. The van der Waals surface area contributed by atoms with Crippen LogP contribution in [0.25, 0.3) is 0 Å². The lowest BCUT2D eigenvalue weighted by Gasteiger charge is -2.32. The van der Waals surface area contributed by atoms with Crippen molar-refractivity contribution in [3.63, 3.8) is 0 Å². The molecule has 1 saturated heterocycles. The molecule has 0 spiro atoms. The number of urea groups is 1. The summed E-state index contributed by atoms with van der Waals surface area (Å²) in [5.74, 6) is -1.38. The van der Waals surface area contributed by atoms with E-state index in [4.69, 9.17) is 15.0 Å². The fraction of sp³-hybridized carbons (Fsp3) is 0.778. The molecule has 1 aliphatic rings. The van der Waals surface area contributed by atoms with Crippen molar-refractivity contribution in [2.75, 3.05) is 32.1 Å². The number of carboxylic acid groups (broad SMARTS) is 1. The lowest BCUT2D eigenvalue weighted by molar-refractivity contribution is -0.147. The Hall–Kier alpha value is -1.39. The van der Waals surface area contributed by atoms with Crippen molar-refractivity contribution < 1.29 is 27.9 Å². The van der Waals surface area contributed by atoms with Crippen LogP contribution in [0.5, 0.6) is 0 Å². The van der Waals surface area contributed by atoms with E-state index in [1.165, 1.54) is 0 Å². The van der Waals surface area contributed by atoms with Crippen LogP contribution in [0.2, 0.25) is 0 Å². The smallest absolute Gasteiger partial charge is 0.328 e. The molecule has 4 N–H and O–H groups in total. The third kappa shape index (κ3) is 5.41. The van der Waals surface area contributed by atoms with Gasteiger partial charge in [-0.3, -0.25) is 0 Å². The Labute approximate surface area is 110 Å². The SMILES string of the molecule is NS(=O)(=O)CCCNC(=O)N1CCOCC1C(=O)O. The summed E-state index contributed by atoms with van der Waals surface area (Å²) < 4.78 is 26.4. The molecule has 1 atom stereocenters. The molecule has 1 unspecified atom stereocenters. The molecule has 1 heterocycles. The van der Waals surface area contributed by atoms with Gasteiger partial charge in [0.1, 0.15) is 0 Å². The first-order chi connectivity index (χ1) is 8.81. The largest absolute Gasteiger partial charge is 0.480 e. The second-order valence-corrected chi connectivity index (χ2v) is 5.81. The van der Waals surface area contributed by atoms with Crippen molar-refractivity contribution in [1.29, 1.82) is 0 Å². The van der Waals surface area contributed by atoms with E-state index in [2.05, 4.69) is 5.32 Å². The van der Waals surface area contributed by atoms with Crippen LogP contribution in [0.3, 0.4) is 0 Å². The maximum Gasteiger partial charge on any atom is 0.328 e. The Morgan fingerprint density at radius 1 is 1.47 bits per heavy atom. The molecule has 0 radical (unpaired) electrons. The number of amides is 2. The van der Waals surface area contributed by atoms with Crippen molar-refractivity contribution in [3.05, 3.63) is 0 Å². The average Bonchev–Trinajstić information content (AvgIpc) is 2.33. The van der Waals surface area contributed by atoms with E-state index in [9.17, 15) is 18.0 Å². The van der Waals surface area contributed by atoms with Gasteiger partial charge in [-0.25, -0.2) is 23.1 Å². The van der Waals surface area contributed by atoms with E-state index in [1.54, 1.807) is 0 Å². The first-order valence-electron chi connectivity index (χ1n) is 5.67. The van der Waals surface area contributed by atoms with E-state index < -0.39 is 28.1 Å². The quantitative estimate of drug-likeness (QED) is 0.509. The van der Waals surface area contributed by atoms with E-state index >= 15 is 0 Å². The fourth-order valence-electron chi connectivity index (χ4n) is 1.62. The van der Waals surface area contributed by atoms with Crippen LogP contribution < -0.4 is 10.5 Å². The summed E-state index contributed by atoms with van der Waals surface area (Å²) in [6, 6.07) is -1.57. The third-order valence-electron chi connectivity index (χ3n) is 2.56. The summed E-state index contributed by atoms with van der Waals surface area (Å²) in [4.78, 5) is 23.8. The number of primary sulfonamides is 1. The fourth-order valence-corrected chi connectivity index (χ4v) is 2.17. The molecule has 9 nitrogen and oxygen atoms in total. The summed E-state index contributed by atoms with van der Waals surface area (Å²) in [5, 5.41) is 16.2. The van der Waals surface area contributed by atoms with Gasteiger partial charge in [0, 0.05) is 13.1 Å². The Bertz CT molecular complexity index is 437. The van der Waals surface area contributed by atoms with Crippen LogP contribution in [-0.2, 0) is 19.6 Å². The molecule has 10 heteroatoms. The van der Waals surface area contributed by atoms with Crippen LogP contribution in [0.4, 0.5) is 4.79 Å². The molecule has 0 aromatic carbocycles. The highest BCUT2D eigenvalue weighted by molar-refractivity contribution is 7.89. The van der Waals surface area contributed by atoms with Crippen molar-refractivity contribution in [2.45, 2.75) is 12.5 Å². The molecule has 0 aromatic heterocycles. The van der Waals surface area contributed by atoms with E-state index in [0.29, 0.717) is 0 Å². The van der Waals surface area contributed by atoms with Crippen LogP contribution >= 0.6 is 0 Å². The Balaban J connectivity index is 2.41. The summed E-state index contributed by atoms with van der Waals surface area (Å²) >= 11 is 0. The number of nitrogens with two attached hydrogens (primary N) is 1. The highest BCUT2D eigenvalue weighted by Crippen LogP contribution is 2.07. The molecule has 1 aliphatic heterocycles. The Morgan fingerprint density at radius 2 is 2.16 bits per heavy atom. The molecule has 0 aliphatic carbocycles. The van der Waals surface area contributed by atoms with Gasteiger partial charge in [-0.05, 0) is 6.42 Å². The van der Waals surface area contributed by atoms with Crippen LogP contribution in [-0.4, -0.2) is 68.5 Å². The Kier molecular flexibility index (Phi) is 5.51. The zero-order valence-corrected chi connectivity index (χ0v) is 11.1. The molecule has 2 amide bonds. The third-order valence-corrected chi connectivity index (χ3v) is 3.41. The van der Waals surface area contributed by atoms with Gasteiger partial charge in [-0.2, -0.15) is 0 Å². The molecule has 110 valence electrons. The number of carbonyl (C=O) groups is 2. The van der Waals surface area contributed by atoms with Gasteiger partial charge < -0.3 is 20.1 Å². The summed E-state index contributed by atoms with van der Waals surface area (Å²) in [6.07, 6.45) is 0.173. The number of carboxylic acids is 1. The molecule has 0 aromatic rings. The van der Waals surface area contributed by atoms with E-state index in [1.807, 2.05) is 0 Å². The minimum atomic E-state index is -3.55. The van der Waals surface area contributed by atoms with Gasteiger partial charge in [0.25, 0.3) is 0 Å². The summed E-state index contributed by atoms with van der Waals surface area (Å²) in [6.45, 7) is 0.505. The highest BCUT2D eigenvalue weighted by atomic mass is 32.2.